The summed E-state index contributed by atoms with van der Waals surface area (Å²) in [6.07, 6.45) is 0. The van der Waals surface area contributed by atoms with E-state index >= 15 is 0 Å². The molecule has 0 aliphatic heterocycles. The van der Waals surface area contributed by atoms with Crippen LogP contribution in [0.3, 0.4) is 0 Å². The Morgan fingerprint density at radius 2 is 1.55 bits per heavy atom. The summed E-state index contributed by atoms with van der Waals surface area (Å²) in [7, 11) is 0. The van der Waals surface area contributed by atoms with Crippen molar-refractivity contribution in [1.29, 1.82) is 0 Å². The minimum absolute atomic E-state index is 0.245. The second-order valence-electron chi connectivity index (χ2n) is 5.35. The van der Waals surface area contributed by atoms with Crippen molar-refractivity contribution in [3.05, 3.63) is 60.2 Å². The first-order valence-electron chi connectivity index (χ1n) is 6.65. The lowest BCUT2D eigenvalue weighted by Gasteiger charge is -2.18. The van der Waals surface area contributed by atoms with Crippen molar-refractivity contribution in [2.75, 3.05) is 6.61 Å². The fraction of sp³-hybridized carbons (Fsp3) is 0.294. The zero-order valence-electron chi connectivity index (χ0n) is 11.9. The molecule has 2 aromatic carbocycles. The Hall–Kier alpha value is -2.00. The average Bonchev–Trinajstić information content (AvgIpc) is 2.44. The van der Waals surface area contributed by atoms with Gasteiger partial charge in [-0.1, -0.05) is 36.4 Å². The van der Waals surface area contributed by atoms with Crippen LogP contribution in [0.4, 0.5) is 0 Å². The van der Waals surface area contributed by atoms with Gasteiger partial charge in [-0.2, -0.15) is 0 Å². The Morgan fingerprint density at radius 1 is 0.900 bits per heavy atom. The Bertz CT molecular complexity index is 529. The Morgan fingerprint density at radius 3 is 2.20 bits per heavy atom. The number of ether oxygens (including phenoxy) is 2. The van der Waals surface area contributed by atoms with Crippen LogP contribution in [0.2, 0.25) is 0 Å². The lowest BCUT2D eigenvalue weighted by atomic mass is 10.2. The Balaban J connectivity index is 1.92. The lowest BCUT2D eigenvalue weighted by Crippen LogP contribution is -2.27. The molecule has 0 aliphatic carbocycles. The summed E-state index contributed by atoms with van der Waals surface area (Å²) in [6, 6.07) is 17.4. The van der Waals surface area contributed by atoms with Gasteiger partial charge in [0.15, 0.2) is 0 Å². The first kappa shape index (κ1) is 14.4. The van der Waals surface area contributed by atoms with Crippen LogP contribution in [0.15, 0.2) is 54.6 Å². The normalized spacial score (nSPS) is 11.2. The molecule has 106 valence electrons. The molecule has 1 N–H and O–H groups in total. The zero-order chi connectivity index (χ0) is 14.4. The summed E-state index contributed by atoms with van der Waals surface area (Å²) in [6.45, 7) is 4.19. The summed E-state index contributed by atoms with van der Waals surface area (Å²) < 4.78 is 11.3. The van der Waals surface area contributed by atoms with Crippen molar-refractivity contribution >= 4 is 0 Å². The van der Waals surface area contributed by atoms with Gasteiger partial charge in [0.1, 0.15) is 24.7 Å². The SMILES string of the molecule is CC(C)(O)COc1cccc(OCc2ccccc2)c1. The van der Waals surface area contributed by atoms with E-state index in [0.717, 1.165) is 11.3 Å². The maximum Gasteiger partial charge on any atom is 0.123 e. The molecule has 0 saturated heterocycles. The number of rotatable bonds is 6. The van der Waals surface area contributed by atoms with E-state index in [9.17, 15) is 5.11 Å². The number of benzene rings is 2. The third kappa shape index (κ3) is 4.94. The van der Waals surface area contributed by atoms with Crippen LogP contribution in [-0.2, 0) is 6.61 Å². The topological polar surface area (TPSA) is 38.7 Å². The van der Waals surface area contributed by atoms with Gasteiger partial charge in [0, 0.05) is 6.07 Å². The molecule has 3 nitrogen and oxygen atoms in total. The van der Waals surface area contributed by atoms with Crippen LogP contribution in [0.1, 0.15) is 19.4 Å². The molecule has 0 heterocycles. The Kier molecular flexibility index (Phi) is 4.64. The fourth-order valence-electron chi connectivity index (χ4n) is 1.65. The molecule has 0 spiro atoms. The molecule has 0 saturated carbocycles. The molecule has 0 bridgehead atoms. The average molecular weight is 272 g/mol. The maximum absolute atomic E-state index is 9.64. The lowest BCUT2D eigenvalue weighted by molar-refractivity contribution is 0.0284. The van der Waals surface area contributed by atoms with E-state index in [0.29, 0.717) is 12.4 Å². The highest BCUT2D eigenvalue weighted by atomic mass is 16.5. The largest absolute Gasteiger partial charge is 0.490 e. The van der Waals surface area contributed by atoms with E-state index in [1.54, 1.807) is 13.8 Å². The highest BCUT2D eigenvalue weighted by molar-refractivity contribution is 5.33. The van der Waals surface area contributed by atoms with Crippen LogP contribution >= 0.6 is 0 Å². The van der Waals surface area contributed by atoms with Crippen molar-refractivity contribution in [3.8, 4) is 11.5 Å². The molecule has 3 heteroatoms. The van der Waals surface area contributed by atoms with Gasteiger partial charge in [-0.25, -0.2) is 0 Å². The molecule has 0 aliphatic rings. The van der Waals surface area contributed by atoms with E-state index in [1.165, 1.54) is 0 Å². The molecule has 2 aromatic rings. The first-order valence-corrected chi connectivity index (χ1v) is 6.65. The third-order valence-electron chi connectivity index (χ3n) is 2.65. The fourth-order valence-corrected chi connectivity index (χ4v) is 1.65. The van der Waals surface area contributed by atoms with Crippen LogP contribution in [-0.4, -0.2) is 17.3 Å². The molecule has 20 heavy (non-hydrogen) atoms. The van der Waals surface area contributed by atoms with Crippen molar-refractivity contribution in [3.63, 3.8) is 0 Å². The van der Waals surface area contributed by atoms with Gasteiger partial charge in [0.25, 0.3) is 0 Å². The van der Waals surface area contributed by atoms with Crippen molar-refractivity contribution in [2.24, 2.45) is 0 Å². The summed E-state index contributed by atoms with van der Waals surface area (Å²) in [5.74, 6) is 1.44. The highest BCUT2D eigenvalue weighted by Gasteiger charge is 2.13. The van der Waals surface area contributed by atoms with Crippen molar-refractivity contribution in [1.82, 2.24) is 0 Å². The molecule has 0 aromatic heterocycles. The van der Waals surface area contributed by atoms with E-state index in [2.05, 4.69) is 0 Å². The standard InChI is InChI=1S/C17H20O3/c1-17(2,18)13-20-16-10-6-9-15(11-16)19-12-14-7-4-3-5-8-14/h3-11,18H,12-13H2,1-2H3. The molecular formula is C17H20O3. The maximum atomic E-state index is 9.64. The first-order chi connectivity index (χ1) is 9.53. The van der Waals surface area contributed by atoms with Crippen LogP contribution < -0.4 is 9.47 Å². The molecular weight excluding hydrogens is 252 g/mol. The summed E-state index contributed by atoms with van der Waals surface area (Å²) in [5, 5.41) is 9.64. The predicted octanol–water partition coefficient (Wildman–Crippen LogP) is 3.42. The van der Waals surface area contributed by atoms with Gasteiger partial charge in [-0.05, 0) is 31.5 Å². The smallest absolute Gasteiger partial charge is 0.123 e. The van der Waals surface area contributed by atoms with Crippen molar-refractivity contribution in [2.45, 2.75) is 26.1 Å². The van der Waals surface area contributed by atoms with Gasteiger partial charge in [0.2, 0.25) is 0 Å². The third-order valence-corrected chi connectivity index (χ3v) is 2.65. The number of aliphatic hydroxyl groups is 1. The summed E-state index contributed by atoms with van der Waals surface area (Å²) in [4.78, 5) is 0. The molecule has 0 amide bonds. The minimum Gasteiger partial charge on any atom is -0.490 e. The van der Waals surface area contributed by atoms with Crippen LogP contribution in [0, 0.1) is 0 Å². The van der Waals surface area contributed by atoms with E-state index in [-0.39, 0.29) is 6.61 Å². The monoisotopic (exact) mass is 272 g/mol. The second-order valence-corrected chi connectivity index (χ2v) is 5.35. The summed E-state index contributed by atoms with van der Waals surface area (Å²) in [5.41, 5.74) is 0.274. The van der Waals surface area contributed by atoms with E-state index in [1.807, 2.05) is 54.6 Å². The van der Waals surface area contributed by atoms with Gasteiger partial charge in [0.05, 0.1) is 5.60 Å². The van der Waals surface area contributed by atoms with Gasteiger partial charge in [-0.3, -0.25) is 0 Å². The van der Waals surface area contributed by atoms with Gasteiger partial charge < -0.3 is 14.6 Å². The predicted molar refractivity (Wildman–Crippen MR) is 79.0 cm³/mol. The van der Waals surface area contributed by atoms with Gasteiger partial charge >= 0.3 is 0 Å². The number of hydrogen-bond acceptors (Lipinski definition) is 3. The minimum atomic E-state index is -0.846. The molecule has 2 rings (SSSR count). The van der Waals surface area contributed by atoms with Gasteiger partial charge in [-0.15, -0.1) is 0 Å². The van der Waals surface area contributed by atoms with E-state index in [4.69, 9.17) is 9.47 Å². The quantitative estimate of drug-likeness (QED) is 0.875. The highest BCUT2D eigenvalue weighted by Crippen LogP contribution is 2.21. The summed E-state index contributed by atoms with van der Waals surface area (Å²) >= 11 is 0. The number of hydrogen-bond donors (Lipinski definition) is 1. The Labute approximate surface area is 119 Å². The zero-order valence-corrected chi connectivity index (χ0v) is 11.9. The van der Waals surface area contributed by atoms with E-state index < -0.39 is 5.60 Å². The van der Waals surface area contributed by atoms with Crippen molar-refractivity contribution < 1.29 is 14.6 Å². The molecule has 0 atom stereocenters. The second kappa shape index (κ2) is 6.44. The molecule has 0 fully saturated rings. The molecule has 0 unspecified atom stereocenters. The van der Waals surface area contributed by atoms with Crippen LogP contribution in [0.5, 0.6) is 11.5 Å². The molecule has 0 radical (unpaired) electrons. The van der Waals surface area contributed by atoms with Crippen LogP contribution in [0.25, 0.3) is 0 Å².